The molecule has 3 aromatic heterocycles. The van der Waals surface area contributed by atoms with Crippen LogP contribution in [0.2, 0.25) is 5.02 Å². The Bertz CT molecular complexity index is 1150. The monoisotopic (exact) mass is 407 g/mol. The lowest BCUT2D eigenvalue weighted by Gasteiger charge is -2.12. The number of fused-ring (bicyclic) bond motifs is 1. The second-order valence-electron chi connectivity index (χ2n) is 6.54. The first-order valence-electron chi connectivity index (χ1n) is 9.02. The Morgan fingerprint density at radius 2 is 2.03 bits per heavy atom. The highest BCUT2D eigenvalue weighted by Crippen LogP contribution is 2.18. The van der Waals surface area contributed by atoms with Crippen LogP contribution in [0.5, 0.6) is 0 Å². The first-order chi connectivity index (χ1) is 14.1. The largest absolute Gasteiger partial charge is 0.387 e. The van der Waals surface area contributed by atoms with E-state index in [2.05, 4.69) is 20.3 Å². The molecule has 4 aromatic rings. The number of hydrogen-bond acceptors (Lipinski definition) is 5. The molecule has 146 valence electrons. The molecule has 1 amide bonds. The minimum absolute atomic E-state index is 0.0608. The molecule has 8 heteroatoms. The van der Waals surface area contributed by atoms with Gasteiger partial charge in [0.25, 0.3) is 5.91 Å². The van der Waals surface area contributed by atoms with E-state index >= 15 is 0 Å². The topological polar surface area (TPSA) is 92.9 Å². The fraction of sp³-hybridized carbons (Fsp3) is 0.143. The molecule has 0 saturated carbocycles. The molecule has 4 rings (SSSR count). The lowest BCUT2D eigenvalue weighted by atomic mass is 10.1. The highest BCUT2D eigenvalue weighted by Gasteiger charge is 2.14. The zero-order chi connectivity index (χ0) is 20.2. The van der Waals surface area contributed by atoms with Gasteiger partial charge in [-0.05, 0) is 35.9 Å². The molecule has 0 radical (unpaired) electrons. The second-order valence-corrected chi connectivity index (χ2v) is 6.98. The minimum Gasteiger partial charge on any atom is -0.387 e. The van der Waals surface area contributed by atoms with Crippen LogP contribution in [0.25, 0.3) is 11.2 Å². The fourth-order valence-corrected chi connectivity index (χ4v) is 3.18. The number of carbonyl (C=O) groups excluding carboxylic acids is 1. The third-order valence-corrected chi connectivity index (χ3v) is 4.70. The van der Waals surface area contributed by atoms with E-state index in [1.54, 1.807) is 42.9 Å². The van der Waals surface area contributed by atoms with Crippen LogP contribution < -0.4 is 5.32 Å². The van der Waals surface area contributed by atoms with Crippen LogP contribution in [0, 0.1) is 0 Å². The Morgan fingerprint density at radius 1 is 1.14 bits per heavy atom. The summed E-state index contributed by atoms with van der Waals surface area (Å²) in [5.41, 5.74) is 3.19. The number of rotatable bonds is 6. The first-order valence-corrected chi connectivity index (χ1v) is 9.40. The van der Waals surface area contributed by atoms with E-state index in [4.69, 9.17) is 11.6 Å². The zero-order valence-electron chi connectivity index (χ0n) is 15.4. The van der Waals surface area contributed by atoms with Crippen molar-refractivity contribution in [2.75, 3.05) is 6.54 Å². The first kappa shape index (κ1) is 19.0. The number of carbonyl (C=O) groups is 1. The van der Waals surface area contributed by atoms with Gasteiger partial charge in [0.15, 0.2) is 5.65 Å². The number of nitrogens with zero attached hydrogens (tertiary/aromatic N) is 4. The van der Waals surface area contributed by atoms with Gasteiger partial charge in [-0.3, -0.25) is 9.78 Å². The van der Waals surface area contributed by atoms with Crippen LogP contribution in [0.15, 0.2) is 67.3 Å². The lowest BCUT2D eigenvalue weighted by Crippen LogP contribution is -2.28. The van der Waals surface area contributed by atoms with Crippen molar-refractivity contribution in [3.8, 4) is 0 Å². The third kappa shape index (κ3) is 4.42. The maximum Gasteiger partial charge on any atom is 0.253 e. The molecule has 1 unspecified atom stereocenters. The van der Waals surface area contributed by atoms with Crippen molar-refractivity contribution in [2.24, 2.45) is 0 Å². The number of benzene rings is 1. The van der Waals surface area contributed by atoms with E-state index in [9.17, 15) is 9.90 Å². The molecule has 0 saturated heterocycles. The number of aromatic nitrogens is 4. The summed E-state index contributed by atoms with van der Waals surface area (Å²) in [7, 11) is 0. The Labute approximate surface area is 172 Å². The second kappa shape index (κ2) is 8.38. The average molecular weight is 408 g/mol. The minimum atomic E-state index is -0.855. The van der Waals surface area contributed by atoms with Crippen LogP contribution in [-0.4, -0.2) is 37.1 Å². The summed E-state index contributed by atoms with van der Waals surface area (Å²) in [6, 6.07) is 14.3. The summed E-state index contributed by atoms with van der Waals surface area (Å²) in [4.78, 5) is 25.5. The third-order valence-electron chi connectivity index (χ3n) is 4.47. The van der Waals surface area contributed by atoms with E-state index < -0.39 is 6.10 Å². The predicted molar refractivity (Wildman–Crippen MR) is 110 cm³/mol. The van der Waals surface area contributed by atoms with Gasteiger partial charge in [0.2, 0.25) is 0 Å². The Morgan fingerprint density at radius 3 is 2.83 bits per heavy atom. The summed E-state index contributed by atoms with van der Waals surface area (Å²) >= 11 is 5.94. The molecule has 0 fully saturated rings. The molecule has 7 nitrogen and oxygen atoms in total. The SMILES string of the molecule is O=C(NCC(O)c1cccc(Cl)c1)c1cnc2c(c1)ncn2Cc1ccccn1. The van der Waals surface area contributed by atoms with E-state index in [1.165, 1.54) is 6.20 Å². The quantitative estimate of drug-likeness (QED) is 0.512. The van der Waals surface area contributed by atoms with Crippen molar-refractivity contribution in [1.82, 2.24) is 24.8 Å². The highest BCUT2D eigenvalue weighted by atomic mass is 35.5. The fourth-order valence-electron chi connectivity index (χ4n) is 2.98. The summed E-state index contributed by atoms with van der Waals surface area (Å²) in [5, 5.41) is 13.5. The van der Waals surface area contributed by atoms with Gasteiger partial charge in [-0.2, -0.15) is 0 Å². The molecule has 0 spiro atoms. The molecule has 0 aliphatic heterocycles. The Balaban J connectivity index is 1.44. The van der Waals surface area contributed by atoms with Crippen molar-refractivity contribution >= 4 is 28.7 Å². The average Bonchev–Trinajstić information content (AvgIpc) is 3.14. The van der Waals surface area contributed by atoms with Crippen molar-refractivity contribution in [3.63, 3.8) is 0 Å². The number of hydrogen-bond donors (Lipinski definition) is 2. The van der Waals surface area contributed by atoms with Gasteiger partial charge in [0, 0.05) is 24.0 Å². The Kier molecular flexibility index (Phi) is 5.50. The summed E-state index contributed by atoms with van der Waals surface area (Å²) in [6.07, 6.45) is 4.06. The molecule has 0 aliphatic carbocycles. The van der Waals surface area contributed by atoms with E-state index in [0.717, 1.165) is 5.69 Å². The maximum atomic E-state index is 12.5. The molecular weight excluding hydrogens is 390 g/mol. The molecule has 29 heavy (non-hydrogen) atoms. The van der Waals surface area contributed by atoms with Crippen molar-refractivity contribution in [1.29, 1.82) is 0 Å². The summed E-state index contributed by atoms with van der Waals surface area (Å²) in [5.74, 6) is -0.334. The van der Waals surface area contributed by atoms with Crippen LogP contribution in [0.4, 0.5) is 0 Å². The van der Waals surface area contributed by atoms with Crippen LogP contribution in [0.1, 0.15) is 27.7 Å². The van der Waals surface area contributed by atoms with Gasteiger partial charge < -0.3 is 15.0 Å². The molecule has 2 N–H and O–H groups in total. The van der Waals surface area contributed by atoms with Crippen LogP contribution >= 0.6 is 11.6 Å². The summed E-state index contributed by atoms with van der Waals surface area (Å²) < 4.78 is 1.88. The van der Waals surface area contributed by atoms with Gasteiger partial charge in [-0.25, -0.2) is 9.97 Å². The van der Waals surface area contributed by atoms with Gasteiger partial charge in [0.05, 0.1) is 30.2 Å². The molecular formula is C21H18ClN5O2. The summed E-state index contributed by atoms with van der Waals surface area (Å²) in [6.45, 7) is 0.604. The van der Waals surface area contributed by atoms with Crippen molar-refractivity contribution < 1.29 is 9.90 Å². The number of amides is 1. The van der Waals surface area contributed by atoms with E-state index in [1.807, 2.05) is 22.8 Å². The van der Waals surface area contributed by atoms with Crippen LogP contribution in [0.3, 0.4) is 0 Å². The van der Waals surface area contributed by atoms with E-state index in [-0.39, 0.29) is 12.5 Å². The highest BCUT2D eigenvalue weighted by molar-refractivity contribution is 6.30. The molecule has 0 aliphatic rings. The number of pyridine rings is 2. The number of halogens is 1. The molecule has 1 aromatic carbocycles. The maximum absolute atomic E-state index is 12.5. The lowest BCUT2D eigenvalue weighted by molar-refractivity contribution is 0.0916. The van der Waals surface area contributed by atoms with Crippen LogP contribution in [-0.2, 0) is 6.54 Å². The number of imidazole rings is 1. The zero-order valence-corrected chi connectivity index (χ0v) is 16.1. The normalized spacial score (nSPS) is 12.1. The van der Waals surface area contributed by atoms with Gasteiger partial charge in [-0.15, -0.1) is 0 Å². The number of aliphatic hydroxyl groups is 1. The van der Waals surface area contributed by atoms with E-state index in [0.29, 0.717) is 33.9 Å². The Hall–Kier alpha value is -3.29. The number of nitrogens with one attached hydrogen (secondary N) is 1. The molecule has 3 heterocycles. The molecule has 1 atom stereocenters. The predicted octanol–water partition coefficient (Wildman–Crippen LogP) is 2.99. The van der Waals surface area contributed by atoms with Gasteiger partial charge >= 0.3 is 0 Å². The van der Waals surface area contributed by atoms with Gasteiger partial charge in [0.1, 0.15) is 5.52 Å². The smallest absolute Gasteiger partial charge is 0.253 e. The van der Waals surface area contributed by atoms with Crippen molar-refractivity contribution in [2.45, 2.75) is 12.6 Å². The standard InChI is InChI=1S/C21H18ClN5O2/c22-16-5-3-4-14(8-16)19(28)11-25-21(29)15-9-18-20(24-10-15)27(13-26-18)12-17-6-1-2-7-23-17/h1-10,13,19,28H,11-12H2,(H,25,29). The van der Waals surface area contributed by atoms with Gasteiger partial charge in [-0.1, -0.05) is 29.8 Å². The number of aliphatic hydroxyl groups excluding tert-OH is 1. The molecule has 0 bridgehead atoms. The van der Waals surface area contributed by atoms with Crippen molar-refractivity contribution in [3.05, 3.63) is 89.1 Å².